The molecule has 0 fully saturated rings. The van der Waals surface area contributed by atoms with E-state index in [4.69, 9.17) is 19.9 Å². The molecule has 0 aromatic carbocycles. The van der Waals surface area contributed by atoms with Gasteiger partial charge in [0.1, 0.15) is 17.2 Å². The second kappa shape index (κ2) is 21.5. The molecule has 21 heteroatoms. The fraction of sp³-hybridized carbons (Fsp3) is 0.0698. The quantitative estimate of drug-likeness (QED) is 0.0523. The van der Waals surface area contributed by atoms with Crippen molar-refractivity contribution in [1.82, 2.24) is 30.1 Å². The molecule has 0 aliphatic heterocycles. The first kappa shape index (κ1) is 47.3. The third-order valence-electron chi connectivity index (χ3n) is 8.74. The maximum absolute atomic E-state index is 12.6. The van der Waals surface area contributed by atoms with E-state index < -0.39 is 11.9 Å². The van der Waals surface area contributed by atoms with Gasteiger partial charge in [0.25, 0.3) is 12.9 Å². The smallest absolute Gasteiger partial charge is 0.753 e. The van der Waals surface area contributed by atoms with Crippen molar-refractivity contribution < 1.29 is 51.7 Å². The van der Waals surface area contributed by atoms with Gasteiger partial charge in [0.15, 0.2) is 0 Å². The predicted molar refractivity (Wildman–Crippen MR) is 245 cm³/mol. The Morgan fingerprint density at radius 1 is 0.734 bits per heavy atom. The number of thiophene rings is 4. The molecule has 0 N–H and O–H groups in total. The summed E-state index contributed by atoms with van der Waals surface area (Å²) in [4.78, 5) is 46.1. The summed E-state index contributed by atoms with van der Waals surface area (Å²) in [6, 6.07) is 27.3. The number of hydrogen-bond acceptors (Lipinski definition) is 15. The molecule has 9 aromatic heterocycles. The van der Waals surface area contributed by atoms with Crippen molar-refractivity contribution in [2.45, 2.75) is 13.1 Å². The first-order valence-electron chi connectivity index (χ1n) is 18.0. The number of hydrogen-bond donors (Lipinski definition) is 0. The van der Waals surface area contributed by atoms with Gasteiger partial charge in [0.2, 0.25) is 0 Å². The van der Waals surface area contributed by atoms with E-state index in [0.29, 0.717) is 52.9 Å². The van der Waals surface area contributed by atoms with E-state index in [1.54, 1.807) is 94.1 Å². The molecule has 0 saturated carbocycles. The van der Waals surface area contributed by atoms with Gasteiger partial charge >= 0.3 is 25.7 Å². The number of nitrogens with zero attached hydrogens (tertiary/aromatic N) is 8. The monoisotopic (exact) mass is 1040 g/mol. The number of pyridine rings is 4. The second-order valence-electron chi connectivity index (χ2n) is 12.8. The van der Waals surface area contributed by atoms with Crippen LogP contribution in [0.3, 0.4) is 0 Å². The molecule has 322 valence electrons. The van der Waals surface area contributed by atoms with E-state index in [1.165, 1.54) is 35.4 Å². The molecule has 0 aliphatic carbocycles. The zero-order valence-electron chi connectivity index (χ0n) is 32.9. The first-order valence-corrected chi connectivity index (χ1v) is 21.8. The Kier molecular flexibility index (Phi) is 15.9. The number of thiocarbonyl (C=S) groups is 1. The van der Waals surface area contributed by atoms with Gasteiger partial charge in [-0.15, -0.1) is 45.3 Å². The van der Waals surface area contributed by atoms with Gasteiger partial charge in [0, 0.05) is 78.4 Å². The number of aromatic nitrogens is 6. The van der Waals surface area contributed by atoms with Crippen molar-refractivity contribution in [3.63, 3.8) is 0 Å². The maximum Gasteiger partial charge on any atom is 2.00 e. The summed E-state index contributed by atoms with van der Waals surface area (Å²) in [6.07, 6.45) is 0.279. The van der Waals surface area contributed by atoms with Gasteiger partial charge in [-0.05, 0) is 90.7 Å². The van der Waals surface area contributed by atoms with Crippen molar-refractivity contribution in [3.05, 3.63) is 131 Å². The Hall–Kier alpha value is -6.18. The topological polar surface area (TPSA) is 157 Å². The summed E-state index contributed by atoms with van der Waals surface area (Å²) in [6.45, 7) is 2.71. The van der Waals surface area contributed by atoms with E-state index in [1.807, 2.05) is 43.1 Å². The number of halogens is 3. The third-order valence-corrected chi connectivity index (χ3v) is 13.2. The average Bonchev–Trinajstić information content (AvgIpc) is 4.14. The molecule has 9 heterocycles. The molecule has 0 bridgehead atoms. The van der Waals surface area contributed by atoms with Gasteiger partial charge in [0.05, 0.1) is 33.5 Å². The van der Waals surface area contributed by atoms with E-state index in [0.717, 1.165) is 27.2 Å². The summed E-state index contributed by atoms with van der Waals surface area (Å²) >= 11 is 10.6. The SMILES string of the molecule is Cc1ccc(N(C)c2ccnc(-c3cc(C(F)(F)F)n[n-]3)c2)s1.O=COc1ccnc(-c2cc(OC=O)cc(-c3cc(-c4ccc(-c5cc6sccc6s5)s4)ccn3)n2)c1.[N-]=C=S.[Ru+2]. The number of alkyl halides is 3. The van der Waals surface area contributed by atoms with E-state index in [-0.39, 0.29) is 25.2 Å². The molecule has 0 radical (unpaired) electrons. The van der Waals surface area contributed by atoms with Crippen LogP contribution in [0.5, 0.6) is 11.5 Å². The Morgan fingerprint density at radius 2 is 1.39 bits per heavy atom. The van der Waals surface area contributed by atoms with Crippen molar-refractivity contribution in [2.75, 3.05) is 11.9 Å². The molecule has 9 aromatic rings. The molecule has 0 amide bonds. The molecule has 64 heavy (non-hydrogen) atoms. The molecule has 0 atom stereocenters. The van der Waals surface area contributed by atoms with Gasteiger partial charge in [-0.3, -0.25) is 24.5 Å². The normalized spacial score (nSPS) is 10.6. The van der Waals surface area contributed by atoms with Crippen LogP contribution in [0.15, 0.2) is 115 Å². The Labute approximate surface area is 396 Å². The fourth-order valence-corrected chi connectivity index (χ4v) is 9.90. The van der Waals surface area contributed by atoms with Crippen LogP contribution in [0.25, 0.3) is 69.2 Å². The van der Waals surface area contributed by atoms with Crippen LogP contribution in [0, 0.1) is 6.92 Å². The van der Waals surface area contributed by atoms with E-state index in [9.17, 15) is 22.8 Å². The Balaban J connectivity index is 0.000000217. The molecule has 0 saturated heterocycles. The van der Waals surface area contributed by atoms with Crippen LogP contribution in [-0.4, -0.2) is 50.2 Å². The number of aryl methyl sites for hydroxylation is 1. The van der Waals surface area contributed by atoms with Crippen molar-refractivity contribution in [1.29, 1.82) is 0 Å². The average molecular weight is 1040 g/mol. The largest absolute Gasteiger partial charge is 2.00 e. The minimum Gasteiger partial charge on any atom is -0.753 e. The van der Waals surface area contributed by atoms with Crippen LogP contribution in [0.1, 0.15) is 10.6 Å². The molecule has 12 nitrogen and oxygen atoms in total. The summed E-state index contributed by atoms with van der Waals surface area (Å²) < 4.78 is 50.5. The summed E-state index contributed by atoms with van der Waals surface area (Å²) in [5, 5.41) is 18.4. The van der Waals surface area contributed by atoms with Gasteiger partial charge in [-0.1, -0.05) is 17.9 Å². The standard InChI is InChI=1S/C27H15N3O4S3.C15H12F3N4S.CNS.Ru/c31-14-33-17-4-7-29-20(10-17)22-12-18(34-15-32)11-21(30-22)19-9-16(3-6-28-19)23-1-2-24(36-23)27-13-26-25(37-27)5-8-35-26;1-9-3-4-14(23-9)22(2)10-5-6-19-11(7-10)12-8-13(21-20-12)15(16,17)18;2-1-3;/h1-15H;3-8H,1-2H3;;/q;2*-1;+2. The van der Waals surface area contributed by atoms with Gasteiger partial charge in [-0.2, -0.15) is 18.3 Å². The van der Waals surface area contributed by atoms with Crippen LogP contribution in [0.4, 0.5) is 23.9 Å². The number of ether oxygens (including phenoxy) is 2. The third kappa shape index (κ3) is 11.5. The van der Waals surface area contributed by atoms with Crippen LogP contribution in [0.2, 0.25) is 0 Å². The zero-order valence-corrected chi connectivity index (χ0v) is 38.7. The van der Waals surface area contributed by atoms with Crippen molar-refractivity contribution in [2.24, 2.45) is 0 Å². The second-order valence-corrected chi connectivity index (χ2v) is 17.3. The molecule has 0 aliphatic rings. The number of isothiocyanates is 1. The number of rotatable bonds is 11. The minimum absolute atomic E-state index is 0. The fourth-order valence-electron chi connectivity index (χ4n) is 5.86. The first-order chi connectivity index (χ1) is 30.5. The van der Waals surface area contributed by atoms with Crippen LogP contribution in [-0.2, 0) is 35.2 Å². The Morgan fingerprint density at radius 3 is 2.06 bits per heavy atom. The Bertz CT molecular complexity index is 3040. The van der Waals surface area contributed by atoms with E-state index in [2.05, 4.69) is 67.0 Å². The number of carbonyl (C=O) groups excluding carboxylic acids is 2. The molecule has 0 unspecified atom stereocenters. The number of carbonyl (C=O) groups is 2. The van der Waals surface area contributed by atoms with Crippen molar-refractivity contribution >= 4 is 95.8 Å². The molecular formula is C43H27F3N8O4RuS5. The summed E-state index contributed by atoms with van der Waals surface area (Å²) in [5.41, 5.74) is 3.28. The van der Waals surface area contributed by atoms with E-state index >= 15 is 0 Å². The molecule has 9 rings (SSSR count). The maximum atomic E-state index is 12.6. The van der Waals surface area contributed by atoms with Crippen LogP contribution >= 0.6 is 57.6 Å². The predicted octanol–water partition coefficient (Wildman–Crippen LogP) is 11.9. The number of anilines is 2. The molecular weight excluding hydrogens is 1010 g/mol. The summed E-state index contributed by atoms with van der Waals surface area (Å²) in [7, 11) is 1.89. The van der Waals surface area contributed by atoms with Crippen LogP contribution < -0.4 is 19.5 Å². The van der Waals surface area contributed by atoms with Gasteiger partial charge in [-0.25, -0.2) is 4.98 Å². The summed E-state index contributed by atoms with van der Waals surface area (Å²) in [5.74, 6) is 0.617. The zero-order chi connectivity index (χ0) is 44.5. The number of fused-ring (bicyclic) bond motifs is 1. The van der Waals surface area contributed by atoms with Crippen molar-refractivity contribution in [3.8, 4) is 65.9 Å². The minimum atomic E-state index is -4.51. The molecule has 0 spiro atoms. The van der Waals surface area contributed by atoms with Gasteiger partial charge < -0.3 is 30.0 Å².